The summed E-state index contributed by atoms with van der Waals surface area (Å²) < 4.78 is 0. The Morgan fingerprint density at radius 2 is 1.67 bits per heavy atom. The summed E-state index contributed by atoms with van der Waals surface area (Å²) in [7, 11) is 0. The second-order valence-corrected chi connectivity index (χ2v) is 6.19. The molecule has 0 amide bonds. The summed E-state index contributed by atoms with van der Waals surface area (Å²) in [6.45, 7) is 6.91. The third kappa shape index (κ3) is 2.54. The number of rotatable bonds is 5. The van der Waals surface area contributed by atoms with E-state index >= 15 is 0 Å². The fraction of sp³-hybridized carbons (Fsp3) is 1.00. The average molecular weight is 210 g/mol. The molecule has 0 aromatic heterocycles. The molecular formula is C13H26N2. The molecule has 0 aromatic rings. The summed E-state index contributed by atoms with van der Waals surface area (Å²) >= 11 is 0. The monoisotopic (exact) mass is 210 g/mol. The van der Waals surface area contributed by atoms with Crippen molar-refractivity contribution in [3.63, 3.8) is 0 Å². The minimum atomic E-state index is 0.118. The molecule has 0 heterocycles. The van der Waals surface area contributed by atoms with Crippen LogP contribution in [0.2, 0.25) is 0 Å². The predicted molar refractivity (Wildman–Crippen MR) is 64.8 cm³/mol. The maximum Gasteiger partial charge on any atom is 0.0280 e. The molecule has 2 fully saturated rings. The van der Waals surface area contributed by atoms with Crippen LogP contribution in [-0.4, -0.2) is 18.6 Å². The van der Waals surface area contributed by atoms with E-state index in [0.717, 1.165) is 12.5 Å². The van der Waals surface area contributed by atoms with Crippen molar-refractivity contribution in [3.8, 4) is 0 Å². The summed E-state index contributed by atoms with van der Waals surface area (Å²) in [5.41, 5.74) is 7.06. The van der Waals surface area contributed by atoms with Gasteiger partial charge in [-0.15, -0.1) is 0 Å². The van der Waals surface area contributed by atoms with Crippen LogP contribution in [0.15, 0.2) is 0 Å². The van der Waals surface area contributed by atoms with Crippen LogP contribution < -0.4 is 11.1 Å². The van der Waals surface area contributed by atoms with Crippen LogP contribution in [0.4, 0.5) is 0 Å². The van der Waals surface area contributed by atoms with Crippen molar-refractivity contribution < 1.29 is 0 Å². The van der Waals surface area contributed by atoms with Gasteiger partial charge >= 0.3 is 0 Å². The van der Waals surface area contributed by atoms with E-state index in [2.05, 4.69) is 19.2 Å². The first-order valence-electron chi connectivity index (χ1n) is 6.56. The van der Waals surface area contributed by atoms with Crippen molar-refractivity contribution in [3.05, 3.63) is 0 Å². The summed E-state index contributed by atoms with van der Waals surface area (Å²) in [6, 6.07) is 0. The van der Waals surface area contributed by atoms with E-state index in [4.69, 9.17) is 5.73 Å². The molecule has 2 heteroatoms. The van der Waals surface area contributed by atoms with Crippen LogP contribution in [-0.2, 0) is 0 Å². The van der Waals surface area contributed by atoms with Crippen molar-refractivity contribution in [2.75, 3.05) is 13.1 Å². The Kier molecular flexibility index (Phi) is 3.09. The molecule has 0 bridgehead atoms. The summed E-state index contributed by atoms with van der Waals surface area (Å²) in [5.74, 6) is 0.822. The molecule has 2 saturated carbocycles. The van der Waals surface area contributed by atoms with Crippen LogP contribution in [0.3, 0.4) is 0 Å². The van der Waals surface area contributed by atoms with Gasteiger partial charge in [0, 0.05) is 18.6 Å². The van der Waals surface area contributed by atoms with Crippen molar-refractivity contribution in [2.45, 2.75) is 57.9 Å². The van der Waals surface area contributed by atoms with E-state index in [9.17, 15) is 0 Å². The molecule has 3 N–H and O–H groups in total. The SMILES string of the molecule is CC(C)C1(CNCC2(N)CCCC2)CC1. The third-order valence-electron chi connectivity index (χ3n) is 4.67. The molecule has 2 aliphatic rings. The molecule has 0 spiro atoms. The van der Waals surface area contributed by atoms with Gasteiger partial charge in [0.25, 0.3) is 0 Å². The molecule has 0 saturated heterocycles. The highest BCUT2D eigenvalue weighted by Crippen LogP contribution is 2.51. The van der Waals surface area contributed by atoms with Gasteiger partial charge in [0.2, 0.25) is 0 Å². The second kappa shape index (κ2) is 4.06. The largest absolute Gasteiger partial charge is 0.324 e. The molecule has 0 aliphatic heterocycles. The van der Waals surface area contributed by atoms with Gasteiger partial charge in [-0.05, 0) is 37.0 Å². The number of hydrogen-bond donors (Lipinski definition) is 2. The average Bonchev–Trinajstić information content (AvgIpc) is 2.84. The quantitative estimate of drug-likeness (QED) is 0.730. The lowest BCUT2D eigenvalue weighted by Gasteiger charge is -2.27. The van der Waals surface area contributed by atoms with E-state index < -0.39 is 0 Å². The summed E-state index contributed by atoms with van der Waals surface area (Å²) in [5, 5.41) is 3.63. The fourth-order valence-electron chi connectivity index (χ4n) is 2.94. The zero-order valence-corrected chi connectivity index (χ0v) is 10.3. The maximum absolute atomic E-state index is 6.32. The van der Waals surface area contributed by atoms with Crippen LogP contribution in [0, 0.1) is 11.3 Å². The Hall–Kier alpha value is -0.0800. The van der Waals surface area contributed by atoms with Crippen molar-refractivity contribution >= 4 is 0 Å². The fourth-order valence-corrected chi connectivity index (χ4v) is 2.94. The Balaban J connectivity index is 1.71. The normalized spacial score (nSPS) is 27.2. The lowest BCUT2D eigenvalue weighted by atomic mass is 9.91. The van der Waals surface area contributed by atoms with Gasteiger partial charge in [-0.1, -0.05) is 26.7 Å². The Morgan fingerprint density at radius 1 is 1.07 bits per heavy atom. The zero-order chi connectivity index (χ0) is 10.9. The number of nitrogens with one attached hydrogen (secondary N) is 1. The van der Waals surface area contributed by atoms with Gasteiger partial charge in [-0.3, -0.25) is 0 Å². The van der Waals surface area contributed by atoms with E-state index in [1.165, 1.54) is 45.1 Å². The Morgan fingerprint density at radius 3 is 2.13 bits per heavy atom. The van der Waals surface area contributed by atoms with E-state index in [1.54, 1.807) is 0 Å². The molecule has 0 atom stereocenters. The van der Waals surface area contributed by atoms with Crippen LogP contribution in [0.25, 0.3) is 0 Å². The molecule has 88 valence electrons. The van der Waals surface area contributed by atoms with Crippen LogP contribution in [0.5, 0.6) is 0 Å². The zero-order valence-electron chi connectivity index (χ0n) is 10.3. The molecule has 2 nitrogen and oxygen atoms in total. The van der Waals surface area contributed by atoms with Gasteiger partial charge in [0.1, 0.15) is 0 Å². The minimum Gasteiger partial charge on any atom is -0.324 e. The smallest absolute Gasteiger partial charge is 0.0280 e. The van der Waals surface area contributed by atoms with E-state index in [1.807, 2.05) is 0 Å². The molecular weight excluding hydrogens is 184 g/mol. The molecule has 0 aromatic carbocycles. The van der Waals surface area contributed by atoms with Crippen LogP contribution in [0.1, 0.15) is 52.4 Å². The molecule has 15 heavy (non-hydrogen) atoms. The lowest BCUT2D eigenvalue weighted by Crippen LogP contribution is -2.47. The second-order valence-electron chi connectivity index (χ2n) is 6.19. The molecule has 0 radical (unpaired) electrons. The molecule has 2 aliphatic carbocycles. The number of hydrogen-bond acceptors (Lipinski definition) is 2. The highest BCUT2D eigenvalue weighted by Gasteiger charge is 2.45. The van der Waals surface area contributed by atoms with Gasteiger partial charge in [0.15, 0.2) is 0 Å². The maximum atomic E-state index is 6.32. The van der Waals surface area contributed by atoms with Crippen molar-refractivity contribution in [1.82, 2.24) is 5.32 Å². The highest BCUT2D eigenvalue weighted by molar-refractivity contribution is 4.99. The topological polar surface area (TPSA) is 38.0 Å². The first-order chi connectivity index (χ1) is 7.06. The highest BCUT2D eigenvalue weighted by atomic mass is 15.0. The number of nitrogens with two attached hydrogens (primary N) is 1. The third-order valence-corrected chi connectivity index (χ3v) is 4.67. The summed E-state index contributed by atoms with van der Waals surface area (Å²) in [6.07, 6.45) is 7.91. The van der Waals surface area contributed by atoms with Crippen molar-refractivity contribution in [1.29, 1.82) is 0 Å². The van der Waals surface area contributed by atoms with Crippen molar-refractivity contribution in [2.24, 2.45) is 17.1 Å². The lowest BCUT2D eigenvalue weighted by molar-refractivity contribution is 0.313. The van der Waals surface area contributed by atoms with E-state index in [0.29, 0.717) is 5.41 Å². The molecule has 0 unspecified atom stereocenters. The van der Waals surface area contributed by atoms with Gasteiger partial charge in [-0.2, -0.15) is 0 Å². The van der Waals surface area contributed by atoms with Gasteiger partial charge < -0.3 is 11.1 Å². The first kappa shape index (κ1) is 11.4. The minimum absolute atomic E-state index is 0.118. The van der Waals surface area contributed by atoms with Gasteiger partial charge in [-0.25, -0.2) is 0 Å². The Labute approximate surface area is 94.0 Å². The van der Waals surface area contributed by atoms with Gasteiger partial charge in [0.05, 0.1) is 0 Å². The van der Waals surface area contributed by atoms with Crippen LogP contribution >= 0.6 is 0 Å². The molecule has 2 rings (SSSR count). The predicted octanol–water partition coefficient (Wildman–Crippen LogP) is 2.28. The van der Waals surface area contributed by atoms with E-state index in [-0.39, 0.29) is 5.54 Å². The standard InChI is InChI=1S/C13H26N2/c1-11(2)12(7-8-12)9-15-10-13(14)5-3-4-6-13/h11,15H,3-10,14H2,1-2H3. The Bertz CT molecular complexity index is 211. The summed E-state index contributed by atoms with van der Waals surface area (Å²) in [4.78, 5) is 0. The first-order valence-corrected chi connectivity index (χ1v) is 6.56.